The van der Waals surface area contributed by atoms with Crippen molar-refractivity contribution in [2.24, 2.45) is 0 Å². The van der Waals surface area contributed by atoms with E-state index in [1.165, 1.54) is 65.9 Å². The summed E-state index contributed by atoms with van der Waals surface area (Å²) in [7, 11) is 0. The standard InChI is InChI=1S/C44H32N2/c1-2-13-36(14-3-1)45(37-23-20-32(21-24-37)35-19-18-31-10-4-5-12-34(31)30-35)38-25-27-39(28-26-38)46-42-17-9-8-16-41(42)44-40-15-7-6-11-33(40)22-29-43(44)46/h1-23,25-30,37H,24H2. The first-order chi connectivity index (χ1) is 22.8. The zero-order valence-corrected chi connectivity index (χ0v) is 25.4. The molecule has 0 saturated heterocycles. The highest BCUT2D eigenvalue weighted by atomic mass is 15.2. The quantitative estimate of drug-likeness (QED) is 0.194. The molecule has 1 aromatic heterocycles. The Morgan fingerprint density at radius 2 is 1.20 bits per heavy atom. The molecular formula is C44H32N2. The van der Waals surface area contributed by atoms with Gasteiger partial charge in [0.2, 0.25) is 0 Å². The van der Waals surface area contributed by atoms with Gasteiger partial charge in [0, 0.05) is 27.8 Å². The molecule has 0 saturated carbocycles. The van der Waals surface area contributed by atoms with Crippen LogP contribution in [0.3, 0.4) is 0 Å². The number of hydrogen-bond acceptors (Lipinski definition) is 1. The van der Waals surface area contributed by atoms with E-state index in [2.05, 4.69) is 185 Å². The Hall–Kier alpha value is -5.86. The number of nitrogens with zero attached hydrogens (tertiary/aromatic N) is 2. The van der Waals surface area contributed by atoms with Crippen LogP contribution in [0.2, 0.25) is 0 Å². The third kappa shape index (κ3) is 4.42. The van der Waals surface area contributed by atoms with Crippen LogP contribution in [0.4, 0.5) is 11.4 Å². The van der Waals surface area contributed by atoms with Crippen molar-refractivity contribution in [3.63, 3.8) is 0 Å². The van der Waals surface area contributed by atoms with Crippen molar-refractivity contribution in [3.8, 4) is 5.69 Å². The molecule has 0 fully saturated rings. The molecule has 0 aliphatic heterocycles. The fourth-order valence-electron chi connectivity index (χ4n) is 7.28. The van der Waals surface area contributed by atoms with Crippen LogP contribution in [0.15, 0.2) is 176 Å². The van der Waals surface area contributed by atoms with Gasteiger partial charge in [-0.3, -0.25) is 0 Å². The predicted octanol–water partition coefficient (Wildman–Crippen LogP) is 11.6. The number of allylic oxidation sites excluding steroid dienone is 2. The van der Waals surface area contributed by atoms with Crippen molar-refractivity contribution >= 4 is 60.3 Å². The zero-order valence-electron chi connectivity index (χ0n) is 25.4. The summed E-state index contributed by atoms with van der Waals surface area (Å²) in [6.45, 7) is 0. The van der Waals surface area contributed by atoms with Crippen LogP contribution in [0, 0.1) is 0 Å². The van der Waals surface area contributed by atoms with E-state index in [1.54, 1.807) is 0 Å². The monoisotopic (exact) mass is 588 g/mol. The molecule has 8 aromatic rings. The fraction of sp³-hybridized carbons (Fsp3) is 0.0455. The summed E-state index contributed by atoms with van der Waals surface area (Å²) in [4.78, 5) is 2.47. The van der Waals surface area contributed by atoms with Gasteiger partial charge < -0.3 is 9.47 Å². The van der Waals surface area contributed by atoms with Gasteiger partial charge in [0.25, 0.3) is 0 Å². The molecule has 2 heteroatoms. The summed E-state index contributed by atoms with van der Waals surface area (Å²) in [6.07, 6.45) is 7.98. The van der Waals surface area contributed by atoms with Crippen LogP contribution in [0.1, 0.15) is 12.0 Å². The summed E-state index contributed by atoms with van der Waals surface area (Å²) in [5, 5.41) is 7.71. The van der Waals surface area contributed by atoms with Crippen molar-refractivity contribution in [1.29, 1.82) is 0 Å². The Morgan fingerprint density at radius 1 is 0.522 bits per heavy atom. The van der Waals surface area contributed by atoms with Crippen molar-refractivity contribution in [1.82, 2.24) is 4.57 Å². The highest BCUT2D eigenvalue weighted by Gasteiger charge is 2.21. The molecule has 1 aliphatic rings. The smallest absolute Gasteiger partial charge is 0.0560 e. The minimum absolute atomic E-state index is 0.206. The van der Waals surface area contributed by atoms with Crippen LogP contribution in [-0.2, 0) is 0 Å². The highest BCUT2D eigenvalue weighted by Crippen LogP contribution is 2.38. The second-order valence-electron chi connectivity index (χ2n) is 12.1. The molecule has 1 heterocycles. The van der Waals surface area contributed by atoms with E-state index in [4.69, 9.17) is 0 Å². The average molecular weight is 589 g/mol. The van der Waals surface area contributed by atoms with Gasteiger partial charge in [-0.25, -0.2) is 0 Å². The molecule has 9 rings (SSSR count). The van der Waals surface area contributed by atoms with E-state index in [0.29, 0.717) is 0 Å². The van der Waals surface area contributed by atoms with Gasteiger partial charge in [0.15, 0.2) is 0 Å². The summed E-state index contributed by atoms with van der Waals surface area (Å²) >= 11 is 0. The first kappa shape index (κ1) is 26.5. The maximum atomic E-state index is 2.47. The van der Waals surface area contributed by atoms with E-state index in [1.807, 2.05) is 0 Å². The zero-order chi connectivity index (χ0) is 30.5. The van der Waals surface area contributed by atoms with Gasteiger partial charge >= 0.3 is 0 Å². The van der Waals surface area contributed by atoms with E-state index in [-0.39, 0.29) is 6.04 Å². The van der Waals surface area contributed by atoms with Crippen molar-refractivity contribution in [2.75, 3.05) is 4.90 Å². The molecule has 2 nitrogen and oxygen atoms in total. The molecular weight excluding hydrogens is 556 g/mol. The summed E-state index contributed by atoms with van der Waals surface area (Å²) < 4.78 is 2.41. The number of rotatable bonds is 5. The molecule has 218 valence electrons. The maximum Gasteiger partial charge on any atom is 0.0560 e. The molecule has 0 radical (unpaired) electrons. The third-order valence-corrected chi connectivity index (χ3v) is 9.47. The summed E-state index contributed by atoms with van der Waals surface area (Å²) in [6, 6.07) is 57.4. The van der Waals surface area contributed by atoms with Crippen molar-refractivity contribution in [2.45, 2.75) is 12.5 Å². The maximum absolute atomic E-state index is 2.47. The lowest BCUT2D eigenvalue weighted by atomic mass is 9.94. The number of anilines is 2. The second kappa shape index (κ2) is 10.9. The van der Waals surface area contributed by atoms with Crippen molar-refractivity contribution in [3.05, 3.63) is 182 Å². The number of aromatic nitrogens is 1. The van der Waals surface area contributed by atoms with Crippen LogP contribution in [-0.4, -0.2) is 10.6 Å². The Labute approximate surface area is 268 Å². The first-order valence-corrected chi connectivity index (χ1v) is 16.0. The van der Waals surface area contributed by atoms with Gasteiger partial charge in [-0.15, -0.1) is 0 Å². The summed E-state index contributed by atoms with van der Waals surface area (Å²) in [5.41, 5.74) is 8.54. The molecule has 1 aliphatic carbocycles. The normalized spacial score (nSPS) is 14.7. The van der Waals surface area contributed by atoms with E-state index in [9.17, 15) is 0 Å². The molecule has 46 heavy (non-hydrogen) atoms. The van der Waals surface area contributed by atoms with Gasteiger partial charge in [-0.1, -0.05) is 121 Å². The molecule has 0 amide bonds. The van der Waals surface area contributed by atoms with Crippen LogP contribution in [0.25, 0.3) is 54.6 Å². The molecule has 1 atom stereocenters. The average Bonchev–Trinajstić information content (AvgIpc) is 3.47. The minimum atomic E-state index is 0.206. The number of fused-ring (bicyclic) bond motifs is 6. The topological polar surface area (TPSA) is 8.17 Å². The Morgan fingerprint density at radius 3 is 2.00 bits per heavy atom. The van der Waals surface area contributed by atoms with Crippen LogP contribution < -0.4 is 4.90 Å². The molecule has 0 bridgehead atoms. The summed E-state index contributed by atoms with van der Waals surface area (Å²) in [5.74, 6) is 0. The number of para-hydroxylation sites is 2. The van der Waals surface area contributed by atoms with E-state index in [0.717, 1.165) is 12.1 Å². The largest absolute Gasteiger partial charge is 0.334 e. The number of hydrogen-bond donors (Lipinski definition) is 0. The van der Waals surface area contributed by atoms with Crippen LogP contribution >= 0.6 is 0 Å². The Bertz CT molecular complexity index is 2450. The van der Waals surface area contributed by atoms with Gasteiger partial charge in [0.1, 0.15) is 0 Å². The Kier molecular flexibility index (Phi) is 6.31. The van der Waals surface area contributed by atoms with Gasteiger partial charge in [-0.05, 0) is 93.7 Å². The van der Waals surface area contributed by atoms with E-state index < -0.39 is 0 Å². The fourth-order valence-corrected chi connectivity index (χ4v) is 7.28. The van der Waals surface area contributed by atoms with E-state index >= 15 is 0 Å². The first-order valence-electron chi connectivity index (χ1n) is 16.0. The van der Waals surface area contributed by atoms with Crippen molar-refractivity contribution < 1.29 is 0 Å². The molecule has 0 N–H and O–H groups in total. The molecule has 1 unspecified atom stereocenters. The lowest BCUT2D eigenvalue weighted by Gasteiger charge is -2.33. The van der Waals surface area contributed by atoms with Gasteiger partial charge in [0.05, 0.1) is 17.1 Å². The Balaban J connectivity index is 1.09. The number of benzene rings is 7. The molecule has 7 aromatic carbocycles. The third-order valence-electron chi connectivity index (χ3n) is 9.47. The predicted molar refractivity (Wildman–Crippen MR) is 196 cm³/mol. The highest BCUT2D eigenvalue weighted by molar-refractivity contribution is 6.21. The van der Waals surface area contributed by atoms with Crippen LogP contribution in [0.5, 0.6) is 0 Å². The lowest BCUT2D eigenvalue weighted by Crippen LogP contribution is -2.30. The molecule has 0 spiro atoms. The van der Waals surface area contributed by atoms with Gasteiger partial charge in [-0.2, -0.15) is 0 Å². The minimum Gasteiger partial charge on any atom is -0.334 e. The SMILES string of the molecule is C1=CC(N(c2ccccc2)c2ccc(-n3c4ccccc4c4c5ccccc5ccc43)cc2)CC=C1c1ccc2ccccc2c1. The second-order valence-corrected chi connectivity index (χ2v) is 12.1. The lowest BCUT2D eigenvalue weighted by molar-refractivity contribution is 0.787.